The molecule has 0 N–H and O–H groups in total. The Morgan fingerprint density at radius 1 is 0.966 bits per heavy atom. The third kappa shape index (κ3) is 4.43. The van der Waals surface area contributed by atoms with Gasteiger partial charge in [-0.15, -0.1) is 0 Å². The van der Waals surface area contributed by atoms with Crippen LogP contribution in [0.2, 0.25) is 0 Å². The van der Waals surface area contributed by atoms with E-state index < -0.39 is 27.4 Å². The summed E-state index contributed by atoms with van der Waals surface area (Å²) in [5.74, 6) is -0.0417. The molecule has 0 saturated heterocycles. The summed E-state index contributed by atoms with van der Waals surface area (Å²) in [6.07, 6.45) is 1.68. The van der Waals surface area contributed by atoms with Crippen LogP contribution < -0.4 is 0 Å². The fraction of sp³-hybridized carbons (Fsp3) is 0.348. The van der Waals surface area contributed by atoms with E-state index in [1.54, 1.807) is 51.1 Å². The topological polar surface area (TPSA) is 63.7 Å². The molecule has 0 bridgehead atoms. The predicted molar refractivity (Wildman–Crippen MR) is 113 cm³/mol. The largest absolute Gasteiger partial charge is 0.429 e. The third-order valence-corrected chi connectivity index (χ3v) is 6.72. The molecule has 0 aromatic heterocycles. The van der Waals surface area contributed by atoms with Gasteiger partial charge in [-0.05, 0) is 58.4 Å². The summed E-state index contributed by atoms with van der Waals surface area (Å²) in [5, 5.41) is 0. The Balaban J connectivity index is 2.02. The van der Waals surface area contributed by atoms with Crippen molar-refractivity contribution in [2.45, 2.75) is 45.6 Å². The first-order valence-electron chi connectivity index (χ1n) is 9.57. The van der Waals surface area contributed by atoms with Crippen molar-refractivity contribution in [3.8, 4) is 0 Å². The number of hydrogen-bond acceptors (Lipinski definition) is 4. The summed E-state index contributed by atoms with van der Waals surface area (Å²) in [7, 11) is -3.78. The second-order valence-corrected chi connectivity index (χ2v) is 10.3. The molecule has 1 heterocycles. The highest BCUT2D eigenvalue weighted by Crippen LogP contribution is 2.39. The van der Waals surface area contributed by atoms with Crippen molar-refractivity contribution in [1.82, 2.24) is 4.31 Å². The third-order valence-electron chi connectivity index (χ3n) is 4.87. The number of rotatable bonds is 4. The SMILES string of the molecule is Cc1ccc(C2C(OC(=O)C(C)(C)C)=CCN2S(=O)(=O)c2ccc(C)cc2)cc1. The highest BCUT2D eigenvalue weighted by molar-refractivity contribution is 7.89. The lowest BCUT2D eigenvalue weighted by atomic mass is 9.97. The van der Waals surface area contributed by atoms with Crippen LogP contribution in [0, 0.1) is 19.3 Å². The summed E-state index contributed by atoms with van der Waals surface area (Å²) >= 11 is 0. The van der Waals surface area contributed by atoms with Gasteiger partial charge in [0.25, 0.3) is 0 Å². The molecule has 3 rings (SSSR count). The Hall–Kier alpha value is -2.44. The Bertz CT molecular complexity index is 1030. The van der Waals surface area contributed by atoms with Crippen molar-refractivity contribution in [3.05, 3.63) is 77.1 Å². The molecule has 1 atom stereocenters. The number of nitrogens with zero attached hydrogens (tertiary/aromatic N) is 1. The maximum Gasteiger partial charge on any atom is 0.316 e. The van der Waals surface area contributed by atoms with Crippen molar-refractivity contribution in [1.29, 1.82) is 0 Å². The Morgan fingerprint density at radius 3 is 2.00 bits per heavy atom. The number of carbonyl (C=O) groups excluding carboxylic acids is 1. The average Bonchev–Trinajstić information content (AvgIpc) is 3.06. The number of hydrogen-bond donors (Lipinski definition) is 0. The van der Waals surface area contributed by atoms with Gasteiger partial charge in [-0.25, -0.2) is 8.42 Å². The van der Waals surface area contributed by atoms with Gasteiger partial charge in [0.05, 0.1) is 10.3 Å². The molecular weight excluding hydrogens is 386 g/mol. The van der Waals surface area contributed by atoms with Gasteiger partial charge in [0.2, 0.25) is 10.0 Å². The molecule has 0 fully saturated rings. The first kappa shape index (κ1) is 21.3. The molecule has 29 heavy (non-hydrogen) atoms. The number of ether oxygens (including phenoxy) is 1. The number of esters is 1. The monoisotopic (exact) mass is 413 g/mol. The zero-order valence-corrected chi connectivity index (χ0v) is 18.3. The molecule has 1 aliphatic heterocycles. The summed E-state index contributed by atoms with van der Waals surface area (Å²) in [4.78, 5) is 12.7. The van der Waals surface area contributed by atoms with E-state index in [0.29, 0.717) is 5.76 Å². The molecule has 6 heteroatoms. The minimum atomic E-state index is -3.78. The van der Waals surface area contributed by atoms with Crippen LogP contribution >= 0.6 is 0 Å². The highest BCUT2D eigenvalue weighted by Gasteiger charge is 2.41. The van der Waals surface area contributed by atoms with Gasteiger partial charge < -0.3 is 4.74 Å². The Morgan fingerprint density at radius 2 is 1.48 bits per heavy atom. The van der Waals surface area contributed by atoms with E-state index >= 15 is 0 Å². The minimum absolute atomic E-state index is 0.140. The lowest BCUT2D eigenvalue weighted by Gasteiger charge is -2.27. The van der Waals surface area contributed by atoms with Crippen molar-refractivity contribution >= 4 is 16.0 Å². The van der Waals surface area contributed by atoms with Crippen LogP contribution in [0.15, 0.2) is 65.3 Å². The van der Waals surface area contributed by atoms with Gasteiger partial charge in [-0.3, -0.25) is 4.79 Å². The van der Waals surface area contributed by atoms with Gasteiger partial charge in [-0.1, -0.05) is 47.5 Å². The smallest absolute Gasteiger partial charge is 0.316 e. The Labute approximate surface area is 173 Å². The van der Waals surface area contributed by atoms with Crippen LogP contribution in [0.5, 0.6) is 0 Å². The van der Waals surface area contributed by atoms with Gasteiger partial charge >= 0.3 is 5.97 Å². The van der Waals surface area contributed by atoms with E-state index in [1.165, 1.54) is 4.31 Å². The molecule has 1 aliphatic rings. The first-order valence-corrected chi connectivity index (χ1v) is 11.0. The number of carbonyl (C=O) groups is 1. The van der Waals surface area contributed by atoms with Crippen LogP contribution in [0.3, 0.4) is 0 Å². The summed E-state index contributed by atoms with van der Waals surface area (Å²) in [5.41, 5.74) is 2.12. The molecule has 0 radical (unpaired) electrons. The summed E-state index contributed by atoms with van der Waals surface area (Å²) in [6, 6.07) is 13.7. The molecule has 0 spiro atoms. The van der Waals surface area contributed by atoms with Crippen LogP contribution in [0.4, 0.5) is 0 Å². The molecular formula is C23H27NO4S. The van der Waals surface area contributed by atoms with Crippen LogP contribution in [-0.2, 0) is 19.6 Å². The summed E-state index contributed by atoms with van der Waals surface area (Å²) in [6.45, 7) is 9.33. The average molecular weight is 414 g/mol. The second kappa shape index (κ2) is 7.76. The molecule has 2 aromatic rings. The lowest BCUT2D eigenvalue weighted by Crippen LogP contribution is -2.33. The molecule has 0 amide bonds. The van der Waals surface area contributed by atoms with Gasteiger partial charge in [0.15, 0.2) is 0 Å². The zero-order chi connectivity index (χ0) is 21.4. The number of benzene rings is 2. The number of aryl methyl sites for hydroxylation is 2. The quantitative estimate of drug-likeness (QED) is 0.691. The maximum absolute atomic E-state index is 13.4. The van der Waals surface area contributed by atoms with E-state index in [2.05, 4.69) is 0 Å². The van der Waals surface area contributed by atoms with Crippen molar-refractivity contribution in [3.63, 3.8) is 0 Å². The van der Waals surface area contributed by atoms with E-state index in [4.69, 9.17) is 4.74 Å². The molecule has 0 saturated carbocycles. The highest BCUT2D eigenvalue weighted by atomic mass is 32.2. The van der Waals surface area contributed by atoms with Crippen LogP contribution in [-0.4, -0.2) is 25.2 Å². The Kier molecular flexibility index (Phi) is 5.70. The normalized spacial score (nSPS) is 17.8. The van der Waals surface area contributed by atoms with E-state index in [1.807, 2.05) is 38.1 Å². The van der Waals surface area contributed by atoms with Gasteiger partial charge in [0, 0.05) is 6.54 Å². The summed E-state index contributed by atoms with van der Waals surface area (Å²) < 4.78 is 33.8. The minimum Gasteiger partial charge on any atom is -0.429 e. The first-order chi connectivity index (χ1) is 13.5. The van der Waals surface area contributed by atoms with Crippen molar-refractivity contribution in [2.24, 2.45) is 5.41 Å². The fourth-order valence-corrected chi connectivity index (χ4v) is 4.58. The molecule has 154 valence electrons. The van der Waals surface area contributed by atoms with Gasteiger partial charge in [-0.2, -0.15) is 4.31 Å². The second-order valence-electron chi connectivity index (χ2n) is 8.45. The molecule has 0 aliphatic carbocycles. The van der Waals surface area contributed by atoms with Gasteiger partial charge in [0.1, 0.15) is 11.8 Å². The van der Waals surface area contributed by atoms with E-state index in [0.717, 1.165) is 16.7 Å². The van der Waals surface area contributed by atoms with Crippen molar-refractivity contribution in [2.75, 3.05) is 6.54 Å². The van der Waals surface area contributed by atoms with Crippen LogP contribution in [0.25, 0.3) is 0 Å². The maximum atomic E-state index is 13.4. The van der Waals surface area contributed by atoms with E-state index in [9.17, 15) is 13.2 Å². The predicted octanol–water partition coefficient (Wildman–Crippen LogP) is 4.52. The van der Waals surface area contributed by atoms with Crippen molar-refractivity contribution < 1.29 is 17.9 Å². The number of sulfonamides is 1. The molecule has 1 unspecified atom stereocenters. The van der Waals surface area contributed by atoms with Crippen LogP contribution in [0.1, 0.15) is 43.5 Å². The zero-order valence-electron chi connectivity index (χ0n) is 17.5. The molecule has 5 nitrogen and oxygen atoms in total. The fourth-order valence-electron chi connectivity index (χ4n) is 3.06. The van der Waals surface area contributed by atoms with E-state index in [-0.39, 0.29) is 11.4 Å². The standard InChI is InChI=1S/C23H27NO4S/c1-16-6-10-18(11-7-16)21-20(28-22(25)23(3,4)5)14-15-24(21)29(26,27)19-12-8-17(2)9-13-19/h6-14,21H,15H2,1-5H3. The lowest BCUT2D eigenvalue weighted by molar-refractivity contribution is -0.149. The molecule has 2 aromatic carbocycles.